The third-order valence-electron chi connectivity index (χ3n) is 2.00. The van der Waals surface area contributed by atoms with Crippen molar-refractivity contribution in [1.29, 1.82) is 0 Å². The highest BCUT2D eigenvalue weighted by atomic mass is 32.1. The molecular weight excluding hydrogens is 210 g/mol. The van der Waals surface area contributed by atoms with Gasteiger partial charge in [-0.1, -0.05) is 25.2 Å². The van der Waals surface area contributed by atoms with Crippen LogP contribution in [0.3, 0.4) is 0 Å². The fourth-order valence-electron chi connectivity index (χ4n) is 1.19. The molecule has 0 radical (unpaired) electrons. The van der Waals surface area contributed by atoms with E-state index in [1.54, 1.807) is 18.2 Å². The number of hydrogen-bond acceptors (Lipinski definition) is 2. The Morgan fingerprint density at radius 2 is 2.20 bits per heavy atom. The van der Waals surface area contributed by atoms with Crippen LogP contribution in [0.25, 0.3) is 0 Å². The lowest BCUT2D eigenvalue weighted by Crippen LogP contribution is -2.11. The fraction of sp³-hybridized carbons (Fsp3) is 0.273. The van der Waals surface area contributed by atoms with Crippen LogP contribution in [0.15, 0.2) is 18.2 Å². The molecule has 80 valence electrons. The summed E-state index contributed by atoms with van der Waals surface area (Å²) in [5.41, 5.74) is 1.81. The number of aryl methyl sites for hydroxylation is 1. The van der Waals surface area contributed by atoms with Gasteiger partial charge in [0, 0.05) is 0 Å². The van der Waals surface area contributed by atoms with Crippen molar-refractivity contribution >= 4 is 28.9 Å². The Hall–Kier alpha value is -1.42. The first-order valence-electron chi connectivity index (χ1n) is 4.68. The number of carboxylic acids is 1. The lowest BCUT2D eigenvalue weighted by Gasteiger charge is -2.10. The van der Waals surface area contributed by atoms with Crippen molar-refractivity contribution in [2.45, 2.75) is 20.3 Å². The van der Waals surface area contributed by atoms with Crippen molar-refractivity contribution in [2.24, 2.45) is 0 Å². The van der Waals surface area contributed by atoms with Crippen LogP contribution >= 0.6 is 12.2 Å². The number of aromatic carboxylic acids is 1. The van der Waals surface area contributed by atoms with E-state index in [4.69, 9.17) is 17.3 Å². The minimum absolute atomic E-state index is 0.247. The van der Waals surface area contributed by atoms with Gasteiger partial charge in [0.25, 0.3) is 0 Å². The van der Waals surface area contributed by atoms with E-state index in [9.17, 15) is 4.79 Å². The summed E-state index contributed by atoms with van der Waals surface area (Å²) >= 11 is 5.02. The van der Waals surface area contributed by atoms with Gasteiger partial charge < -0.3 is 10.4 Å². The summed E-state index contributed by atoms with van der Waals surface area (Å²) in [7, 11) is 0. The first-order chi connectivity index (χ1) is 7.04. The smallest absolute Gasteiger partial charge is 0.337 e. The van der Waals surface area contributed by atoms with E-state index in [1.807, 2.05) is 13.8 Å². The molecule has 15 heavy (non-hydrogen) atoms. The van der Waals surface area contributed by atoms with Crippen LogP contribution in [-0.4, -0.2) is 16.1 Å². The molecule has 0 atom stereocenters. The van der Waals surface area contributed by atoms with Crippen LogP contribution in [0.2, 0.25) is 0 Å². The van der Waals surface area contributed by atoms with Crippen LogP contribution in [0.5, 0.6) is 0 Å². The fourth-order valence-corrected chi connectivity index (χ4v) is 1.30. The number of thiocarbonyl (C=S) groups is 1. The molecule has 1 aromatic carbocycles. The molecule has 0 unspecified atom stereocenters. The monoisotopic (exact) mass is 223 g/mol. The maximum atomic E-state index is 10.9. The minimum Gasteiger partial charge on any atom is -0.478 e. The van der Waals surface area contributed by atoms with Gasteiger partial charge in [0.05, 0.1) is 16.2 Å². The van der Waals surface area contributed by atoms with E-state index in [0.29, 0.717) is 17.1 Å². The predicted octanol–water partition coefficient (Wildman–Crippen LogP) is 2.84. The van der Waals surface area contributed by atoms with Gasteiger partial charge in [0.15, 0.2) is 0 Å². The van der Waals surface area contributed by atoms with E-state index in [-0.39, 0.29) is 5.56 Å². The number of anilines is 1. The molecule has 2 N–H and O–H groups in total. The number of rotatable bonds is 3. The number of benzene rings is 1. The van der Waals surface area contributed by atoms with Crippen LogP contribution in [-0.2, 0) is 0 Å². The number of nitrogens with one attached hydrogen (secondary N) is 1. The largest absolute Gasteiger partial charge is 0.478 e. The van der Waals surface area contributed by atoms with Crippen molar-refractivity contribution in [3.8, 4) is 0 Å². The van der Waals surface area contributed by atoms with Gasteiger partial charge in [-0.15, -0.1) is 0 Å². The second kappa shape index (κ2) is 4.89. The Labute approximate surface area is 94.1 Å². The van der Waals surface area contributed by atoms with E-state index < -0.39 is 5.97 Å². The molecule has 0 fully saturated rings. The third-order valence-corrected chi connectivity index (χ3v) is 2.39. The zero-order chi connectivity index (χ0) is 11.4. The molecule has 1 aromatic rings. The molecule has 0 aliphatic carbocycles. The van der Waals surface area contributed by atoms with Gasteiger partial charge in [-0.3, -0.25) is 0 Å². The van der Waals surface area contributed by atoms with Crippen molar-refractivity contribution in [2.75, 3.05) is 5.32 Å². The van der Waals surface area contributed by atoms with Gasteiger partial charge in [0.1, 0.15) is 0 Å². The normalized spacial score (nSPS) is 9.73. The Morgan fingerprint density at radius 3 is 2.73 bits per heavy atom. The van der Waals surface area contributed by atoms with E-state index >= 15 is 0 Å². The van der Waals surface area contributed by atoms with Crippen LogP contribution < -0.4 is 5.32 Å². The van der Waals surface area contributed by atoms with Crippen molar-refractivity contribution in [3.05, 3.63) is 29.3 Å². The first kappa shape index (κ1) is 11.7. The molecule has 0 aromatic heterocycles. The molecule has 0 amide bonds. The second-order valence-corrected chi connectivity index (χ2v) is 3.75. The van der Waals surface area contributed by atoms with Crippen molar-refractivity contribution in [3.63, 3.8) is 0 Å². The summed E-state index contributed by atoms with van der Waals surface area (Å²) in [4.78, 5) is 11.6. The topological polar surface area (TPSA) is 49.3 Å². The van der Waals surface area contributed by atoms with Crippen molar-refractivity contribution in [1.82, 2.24) is 0 Å². The number of hydrogen-bond donors (Lipinski definition) is 2. The zero-order valence-electron chi connectivity index (χ0n) is 8.70. The van der Waals surface area contributed by atoms with Gasteiger partial charge in [-0.2, -0.15) is 0 Å². The maximum absolute atomic E-state index is 10.9. The average molecular weight is 223 g/mol. The summed E-state index contributed by atoms with van der Waals surface area (Å²) < 4.78 is 0. The zero-order valence-corrected chi connectivity index (χ0v) is 9.52. The Morgan fingerprint density at radius 1 is 1.53 bits per heavy atom. The summed E-state index contributed by atoms with van der Waals surface area (Å²) in [6, 6.07) is 5.13. The molecule has 0 heterocycles. The average Bonchev–Trinajstić information content (AvgIpc) is 2.17. The van der Waals surface area contributed by atoms with E-state index in [0.717, 1.165) is 5.56 Å². The minimum atomic E-state index is -0.948. The molecule has 0 saturated heterocycles. The lowest BCUT2D eigenvalue weighted by atomic mass is 10.1. The van der Waals surface area contributed by atoms with Gasteiger partial charge in [-0.25, -0.2) is 4.79 Å². The molecule has 1 rings (SSSR count). The summed E-state index contributed by atoms with van der Waals surface area (Å²) in [5.74, 6) is -0.948. The lowest BCUT2D eigenvalue weighted by molar-refractivity contribution is 0.0698. The van der Waals surface area contributed by atoms with Crippen LogP contribution in [0.4, 0.5) is 5.69 Å². The SMILES string of the molecule is CCC(=S)Nc1cc(C)ccc1C(=O)O. The summed E-state index contributed by atoms with van der Waals surface area (Å²) in [5, 5.41) is 11.9. The number of carbonyl (C=O) groups is 1. The standard InChI is InChI=1S/C11H13NO2S/c1-3-10(15)12-9-6-7(2)4-5-8(9)11(13)14/h4-6H,3H2,1-2H3,(H,12,15)(H,13,14). The predicted molar refractivity (Wildman–Crippen MR) is 64.7 cm³/mol. The quantitative estimate of drug-likeness (QED) is 0.774. The molecule has 0 spiro atoms. The molecule has 3 nitrogen and oxygen atoms in total. The Balaban J connectivity index is 3.07. The van der Waals surface area contributed by atoms with E-state index in [1.165, 1.54) is 0 Å². The highest BCUT2D eigenvalue weighted by Gasteiger charge is 2.10. The summed E-state index contributed by atoms with van der Waals surface area (Å²) in [6.45, 7) is 3.83. The molecule has 0 saturated carbocycles. The van der Waals surface area contributed by atoms with Crippen LogP contribution in [0, 0.1) is 6.92 Å². The number of carboxylic acid groups (broad SMARTS) is 1. The van der Waals surface area contributed by atoms with Crippen molar-refractivity contribution < 1.29 is 9.90 Å². The molecule has 0 bridgehead atoms. The third kappa shape index (κ3) is 3.02. The van der Waals surface area contributed by atoms with E-state index in [2.05, 4.69) is 5.32 Å². The second-order valence-electron chi connectivity index (χ2n) is 3.26. The highest BCUT2D eigenvalue weighted by Crippen LogP contribution is 2.18. The Kier molecular flexibility index (Phi) is 3.80. The molecule has 0 aliphatic heterocycles. The maximum Gasteiger partial charge on any atom is 0.337 e. The van der Waals surface area contributed by atoms with Gasteiger partial charge in [-0.05, 0) is 31.0 Å². The Bertz CT molecular complexity index is 402. The molecular formula is C11H13NO2S. The molecule has 0 aliphatic rings. The highest BCUT2D eigenvalue weighted by molar-refractivity contribution is 7.80. The first-order valence-corrected chi connectivity index (χ1v) is 5.09. The van der Waals surface area contributed by atoms with Gasteiger partial charge in [0.2, 0.25) is 0 Å². The van der Waals surface area contributed by atoms with Gasteiger partial charge >= 0.3 is 5.97 Å². The van der Waals surface area contributed by atoms with Crippen LogP contribution in [0.1, 0.15) is 29.3 Å². The summed E-state index contributed by atoms with van der Waals surface area (Å²) in [6.07, 6.45) is 0.697. The molecule has 4 heteroatoms.